The van der Waals surface area contributed by atoms with Crippen LogP contribution in [0.25, 0.3) is 0 Å². The van der Waals surface area contributed by atoms with Crippen LogP contribution in [-0.2, 0) is 0 Å². The van der Waals surface area contributed by atoms with Crippen molar-refractivity contribution in [2.75, 3.05) is 26.2 Å². The van der Waals surface area contributed by atoms with Gasteiger partial charge in [0.25, 0.3) is 0 Å². The maximum Gasteiger partial charge on any atom is 0.317 e. The van der Waals surface area contributed by atoms with Crippen molar-refractivity contribution in [1.29, 1.82) is 0 Å². The molecule has 1 fully saturated rings. The molecule has 1 saturated heterocycles. The van der Waals surface area contributed by atoms with Gasteiger partial charge in [0.2, 0.25) is 0 Å². The van der Waals surface area contributed by atoms with Gasteiger partial charge in [-0.2, -0.15) is 0 Å². The third-order valence-corrected chi connectivity index (χ3v) is 3.24. The van der Waals surface area contributed by atoms with E-state index >= 15 is 0 Å². The van der Waals surface area contributed by atoms with Crippen LogP contribution in [0, 0.1) is 13.8 Å². The van der Waals surface area contributed by atoms with Crippen molar-refractivity contribution in [3.63, 3.8) is 0 Å². The average molecular weight is 262 g/mol. The van der Waals surface area contributed by atoms with E-state index in [2.05, 4.69) is 25.2 Å². The van der Waals surface area contributed by atoms with Crippen molar-refractivity contribution in [1.82, 2.24) is 10.2 Å². The zero-order valence-electron chi connectivity index (χ0n) is 11.7. The molecule has 0 aliphatic carbocycles. The van der Waals surface area contributed by atoms with Crippen LogP contribution in [-0.4, -0.2) is 37.2 Å². The highest BCUT2D eigenvalue weighted by molar-refractivity contribution is 5.74. The molecular formula is C15H22N2O2. The topological polar surface area (TPSA) is 41.6 Å². The molecule has 2 rings (SSSR count). The van der Waals surface area contributed by atoms with Crippen molar-refractivity contribution in [3.05, 3.63) is 29.3 Å². The van der Waals surface area contributed by atoms with Crippen LogP contribution in [0.4, 0.5) is 4.79 Å². The molecule has 0 atom stereocenters. The first-order valence-electron chi connectivity index (χ1n) is 6.89. The Bertz CT molecular complexity index is 420. The first-order valence-corrected chi connectivity index (χ1v) is 6.89. The number of nitrogens with zero attached hydrogens (tertiary/aromatic N) is 1. The van der Waals surface area contributed by atoms with Crippen molar-refractivity contribution in [3.8, 4) is 5.75 Å². The van der Waals surface area contributed by atoms with Gasteiger partial charge < -0.3 is 15.0 Å². The highest BCUT2D eigenvalue weighted by Crippen LogP contribution is 2.15. The largest absolute Gasteiger partial charge is 0.492 e. The van der Waals surface area contributed by atoms with E-state index in [1.807, 2.05) is 17.0 Å². The van der Waals surface area contributed by atoms with Crippen LogP contribution < -0.4 is 10.1 Å². The normalized spacial score (nSPS) is 14.5. The number of rotatable bonds is 4. The van der Waals surface area contributed by atoms with E-state index in [-0.39, 0.29) is 6.03 Å². The quantitative estimate of drug-likeness (QED) is 0.847. The number of ether oxygens (including phenoxy) is 1. The molecule has 1 aromatic rings. The molecule has 1 N–H and O–H groups in total. The zero-order chi connectivity index (χ0) is 13.7. The lowest BCUT2D eigenvalue weighted by molar-refractivity contribution is 0.205. The first kappa shape index (κ1) is 13.7. The summed E-state index contributed by atoms with van der Waals surface area (Å²) >= 11 is 0. The standard InChI is InChI=1S/C15H22N2O2/c1-12-9-13(2)11-14(10-12)19-8-5-16-15(18)17-6-3-4-7-17/h9-11H,3-8H2,1-2H3,(H,16,18). The third-order valence-electron chi connectivity index (χ3n) is 3.24. The molecule has 4 heteroatoms. The maximum atomic E-state index is 11.7. The number of nitrogens with one attached hydrogen (secondary N) is 1. The zero-order valence-corrected chi connectivity index (χ0v) is 11.7. The summed E-state index contributed by atoms with van der Waals surface area (Å²) < 4.78 is 5.65. The summed E-state index contributed by atoms with van der Waals surface area (Å²) in [7, 11) is 0. The van der Waals surface area contributed by atoms with Gasteiger partial charge in [0.05, 0.1) is 6.54 Å². The molecule has 0 bridgehead atoms. The minimum atomic E-state index is 0.0292. The second kappa shape index (κ2) is 6.45. The molecule has 1 aliphatic rings. The summed E-state index contributed by atoms with van der Waals surface area (Å²) in [6, 6.07) is 6.16. The lowest BCUT2D eigenvalue weighted by Gasteiger charge is -2.16. The Kier molecular flexibility index (Phi) is 4.66. The van der Waals surface area contributed by atoms with Gasteiger partial charge in [0.1, 0.15) is 12.4 Å². The monoisotopic (exact) mass is 262 g/mol. The Balaban J connectivity index is 1.70. The molecule has 0 radical (unpaired) electrons. The summed E-state index contributed by atoms with van der Waals surface area (Å²) in [6.07, 6.45) is 2.24. The second-order valence-electron chi connectivity index (χ2n) is 5.10. The van der Waals surface area contributed by atoms with Crippen molar-refractivity contribution >= 4 is 6.03 Å². The van der Waals surface area contributed by atoms with Crippen LogP contribution >= 0.6 is 0 Å². The van der Waals surface area contributed by atoms with E-state index in [1.54, 1.807) is 0 Å². The van der Waals surface area contributed by atoms with Gasteiger partial charge in [0, 0.05) is 13.1 Å². The minimum absolute atomic E-state index is 0.0292. The summed E-state index contributed by atoms with van der Waals surface area (Å²) in [5.74, 6) is 0.868. The minimum Gasteiger partial charge on any atom is -0.492 e. The fraction of sp³-hybridized carbons (Fsp3) is 0.533. The number of hydrogen-bond acceptors (Lipinski definition) is 2. The molecule has 0 saturated carbocycles. The number of urea groups is 1. The van der Waals surface area contributed by atoms with E-state index < -0.39 is 0 Å². The van der Waals surface area contributed by atoms with E-state index in [0.29, 0.717) is 13.2 Å². The van der Waals surface area contributed by atoms with E-state index in [9.17, 15) is 4.79 Å². The van der Waals surface area contributed by atoms with Crippen molar-refractivity contribution < 1.29 is 9.53 Å². The van der Waals surface area contributed by atoms with Gasteiger partial charge in [0.15, 0.2) is 0 Å². The van der Waals surface area contributed by atoms with Crippen LogP contribution in [0.2, 0.25) is 0 Å². The molecule has 4 nitrogen and oxygen atoms in total. The van der Waals surface area contributed by atoms with E-state index in [4.69, 9.17) is 4.74 Å². The first-order chi connectivity index (χ1) is 9.15. The Morgan fingerprint density at radius 1 is 1.21 bits per heavy atom. The Morgan fingerprint density at radius 2 is 1.84 bits per heavy atom. The van der Waals surface area contributed by atoms with Gasteiger partial charge >= 0.3 is 6.03 Å². The summed E-state index contributed by atoms with van der Waals surface area (Å²) in [5, 5.41) is 2.89. The van der Waals surface area contributed by atoms with Gasteiger partial charge in [-0.1, -0.05) is 6.07 Å². The number of hydrogen-bond donors (Lipinski definition) is 1. The number of amides is 2. The number of aryl methyl sites for hydroxylation is 2. The predicted molar refractivity (Wildman–Crippen MR) is 75.6 cm³/mol. The van der Waals surface area contributed by atoms with Crippen LogP contribution in [0.1, 0.15) is 24.0 Å². The van der Waals surface area contributed by atoms with Crippen molar-refractivity contribution in [2.24, 2.45) is 0 Å². The van der Waals surface area contributed by atoms with Gasteiger partial charge in [-0.3, -0.25) is 0 Å². The van der Waals surface area contributed by atoms with Crippen molar-refractivity contribution in [2.45, 2.75) is 26.7 Å². The average Bonchev–Trinajstić information content (AvgIpc) is 2.87. The predicted octanol–water partition coefficient (Wildman–Crippen LogP) is 2.49. The number of carbonyl (C=O) groups is 1. The smallest absolute Gasteiger partial charge is 0.317 e. The van der Waals surface area contributed by atoms with E-state index in [1.165, 1.54) is 11.1 Å². The lowest BCUT2D eigenvalue weighted by Crippen LogP contribution is -2.39. The number of likely N-dealkylation sites (tertiary alicyclic amines) is 1. The van der Waals surface area contributed by atoms with Gasteiger partial charge in [-0.25, -0.2) is 4.79 Å². The third kappa shape index (κ3) is 4.16. The summed E-state index contributed by atoms with van der Waals surface area (Å²) in [4.78, 5) is 13.6. The Labute approximate surface area is 114 Å². The van der Waals surface area contributed by atoms with E-state index in [0.717, 1.165) is 31.7 Å². The molecule has 0 unspecified atom stereocenters. The molecule has 19 heavy (non-hydrogen) atoms. The van der Waals surface area contributed by atoms with Crippen LogP contribution in [0.5, 0.6) is 5.75 Å². The maximum absolute atomic E-state index is 11.7. The second-order valence-corrected chi connectivity index (χ2v) is 5.10. The Hall–Kier alpha value is -1.71. The van der Waals surface area contributed by atoms with Gasteiger partial charge in [-0.15, -0.1) is 0 Å². The van der Waals surface area contributed by atoms with Gasteiger partial charge in [-0.05, 0) is 49.9 Å². The molecule has 2 amide bonds. The number of carbonyl (C=O) groups excluding carboxylic acids is 1. The molecule has 1 heterocycles. The summed E-state index contributed by atoms with van der Waals surface area (Å²) in [5.41, 5.74) is 2.38. The Morgan fingerprint density at radius 3 is 2.47 bits per heavy atom. The van der Waals surface area contributed by atoms with Crippen LogP contribution in [0.3, 0.4) is 0 Å². The lowest BCUT2D eigenvalue weighted by atomic mass is 10.1. The fourth-order valence-corrected chi connectivity index (χ4v) is 2.38. The molecule has 1 aromatic carbocycles. The number of benzene rings is 1. The summed E-state index contributed by atoms with van der Waals surface area (Å²) in [6.45, 7) is 6.91. The highest BCUT2D eigenvalue weighted by Gasteiger charge is 2.16. The molecule has 104 valence electrons. The SMILES string of the molecule is Cc1cc(C)cc(OCCNC(=O)N2CCCC2)c1. The molecule has 0 aromatic heterocycles. The highest BCUT2D eigenvalue weighted by atomic mass is 16.5. The molecule has 1 aliphatic heterocycles. The fourth-order valence-electron chi connectivity index (χ4n) is 2.38. The molecule has 0 spiro atoms. The molecular weight excluding hydrogens is 240 g/mol. The van der Waals surface area contributed by atoms with Crippen LogP contribution in [0.15, 0.2) is 18.2 Å².